The van der Waals surface area contributed by atoms with Gasteiger partial charge in [0.2, 0.25) is 0 Å². The van der Waals surface area contributed by atoms with E-state index in [2.05, 4.69) is 9.97 Å². The van der Waals surface area contributed by atoms with Gasteiger partial charge in [0.05, 0.1) is 21.5 Å². The zero-order valence-electron chi connectivity index (χ0n) is 12.1. The minimum absolute atomic E-state index is 0.178. The van der Waals surface area contributed by atoms with Crippen LogP contribution in [0.5, 0.6) is 0 Å². The number of nitrogens with zero attached hydrogens (tertiary/aromatic N) is 1. The average Bonchev–Trinajstić information content (AvgIpc) is 2.55. The van der Waals surface area contributed by atoms with Crippen molar-refractivity contribution < 1.29 is 9.90 Å². The molecule has 2 aromatic carbocycles. The second-order valence-corrected chi connectivity index (χ2v) is 5.84. The quantitative estimate of drug-likeness (QED) is 0.738. The van der Waals surface area contributed by atoms with Gasteiger partial charge in [-0.3, -0.25) is 4.79 Å². The van der Waals surface area contributed by atoms with Crippen molar-refractivity contribution >= 4 is 51.2 Å². The van der Waals surface area contributed by atoms with Crippen molar-refractivity contribution in [2.45, 2.75) is 0 Å². The molecule has 0 aliphatic rings. The van der Waals surface area contributed by atoms with Crippen molar-refractivity contribution in [1.82, 2.24) is 9.97 Å². The number of H-pyrrole nitrogens is 1. The first-order valence-electron chi connectivity index (χ1n) is 6.84. The van der Waals surface area contributed by atoms with Crippen LogP contribution in [0.3, 0.4) is 0 Å². The van der Waals surface area contributed by atoms with E-state index in [1.807, 2.05) is 0 Å². The highest BCUT2D eigenvalue weighted by Gasteiger charge is 2.08. The molecule has 3 rings (SSSR count). The van der Waals surface area contributed by atoms with Crippen LogP contribution in [0.1, 0.15) is 21.7 Å². The Morgan fingerprint density at radius 1 is 1.17 bits per heavy atom. The van der Waals surface area contributed by atoms with Gasteiger partial charge in [0.1, 0.15) is 0 Å². The van der Waals surface area contributed by atoms with Gasteiger partial charge in [-0.2, -0.15) is 0 Å². The highest BCUT2D eigenvalue weighted by Crippen LogP contribution is 2.21. The summed E-state index contributed by atoms with van der Waals surface area (Å²) in [5.74, 6) is -0.783. The highest BCUT2D eigenvalue weighted by atomic mass is 35.5. The molecule has 0 aliphatic carbocycles. The average molecular weight is 361 g/mol. The van der Waals surface area contributed by atoms with Crippen LogP contribution in [0, 0.1) is 0 Å². The number of rotatable bonds is 3. The molecule has 0 aliphatic heterocycles. The number of aromatic nitrogens is 2. The van der Waals surface area contributed by atoms with Crippen LogP contribution in [0.25, 0.3) is 22.0 Å². The van der Waals surface area contributed by atoms with E-state index in [4.69, 9.17) is 28.3 Å². The predicted octanol–water partition coefficient (Wildman–Crippen LogP) is 4.01. The number of nitrogens with one attached hydrogen (secondary N) is 1. The lowest BCUT2D eigenvalue weighted by Gasteiger charge is -2.03. The van der Waals surface area contributed by atoms with E-state index < -0.39 is 5.97 Å². The lowest BCUT2D eigenvalue weighted by molar-refractivity contribution is 0.0697. The van der Waals surface area contributed by atoms with E-state index in [0.717, 1.165) is 0 Å². The van der Waals surface area contributed by atoms with Gasteiger partial charge in [0.15, 0.2) is 5.82 Å². The molecule has 7 heteroatoms. The Hall–Kier alpha value is -2.63. The fraction of sp³-hybridized carbons (Fsp3) is 0. The van der Waals surface area contributed by atoms with Gasteiger partial charge in [-0.15, -0.1) is 0 Å². The summed E-state index contributed by atoms with van der Waals surface area (Å²) in [6.45, 7) is 0. The van der Waals surface area contributed by atoms with Gasteiger partial charge in [-0.05, 0) is 42.0 Å². The first kappa shape index (κ1) is 16.2. The lowest BCUT2D eigenvalue weighted by atomic mass is 10.1. The molecule has 24 heavy (non-hydrogen) atoms. The van der Waals surface area contributed by atoms with Crippen molar-refractivity contribution in [2.24, 2.45) is 0 Å². The summed E-state index contributed by atoms with van der Waals surface area (Å²) >= 11 is 12.1. The lowest BCUT2D eigenvalue weighted by Crippen LogP contribution is -2.10. The zero-order chi connectivity index (χ0) is 17.3. The van der Waals surface area contributed by atoms with Crippen LogP contribution in [0.2, 0.25) is 5.02 Å². The molecule has 0 saturated heterocycles. The van der Waals surface area contributed by atoms with Crippen molar-refractivity contribution in [1.29, 1.82) is 0 Å². The third-order valence-corrected chi connectivity index (χ3v) is 3.87. The fourth-order valence-corrected chi connectivity index (χ4v) is 2.55. The van der Waals surface area contributed by atoms with Crippen LogP contribution >= 0.6 is 23.2 Å². The van der Waals surface area contributed by atoms with Crippen LogP contribution < -0.4 is 5.56 Å². The summed E-state index contributed by atoms with van der Waals surface area (Å²) in [6, 6.07) is 11.0. The number of aromatic carboxylic acids is 1. The Morgan fingerprint density at radius 3 is 2.54 bits per heavy atom. The summed E-state index contributed by atoms with van der Waals surface area (Å²) < 4.78 is 0. The van der Waals surface area contributed by atoms with Gasteiger partial charge < -0.3 is 10.1 Å². The van der Waals surface area contributed by atoms with E-state index in [9.17, 15) is 9.59 Å². The van der Waals surface area contributed by atoms with E-state index in [1.165, 1.54) is 18.2 Å². The topological polar surface area (TPSA) is 83.0 Å². The minimum Gasteiger partial charge on any atom is -0.478 e. The number of carboxylic acids is 1. The maximum atomic E-state index is 12.1. The molecule has 1 aromatic heterocycles. The van der Waals surface area contributed by atoms with Crippen molar-refractivity contribution in [3.8, 4) is 0 Å². The molecule has 0 radical (unpaired) electrons. The Morgan fingerprint density at radius 2 is 1.88 bits per heavy atom. The molecule has 0 amide bonds. The van der Waals surface area contributed by atoms with Gasteiger partial charge in [0.25, 0.3) is 5.56 Å². The number of halogens is 2. The molecule has 2 N–H and O–H groups in total. The second-order valence-electron chi connectivity index (χ2n) is 5.00. The van der Waals surface area contributed by atoms with Gasteiger partial charge in [-0.25, -0.2) is 9.78 Å². The van der Waals surface area contributed by atoms with Crippen LogP contribution in [-0.2, 0) is 0 Å². The van der Waals surface area contributed by atoms with E-state index in [1.54, 1.807) is 30.3 Å². The number of carbonyl (C=O) groups is 1. The van der Waals surface area contributed by atoms with Gasteiger partial charge in [-0.1, -0.05) is 35.3 Å². The Kier molecular flexibility index (Phi) is 4.38. The van der Waals surface area contributed by atoms with E-state index in [0.29, 0.717) is 21.5 Å². The largest absolute Gasteiger partial charge is 0.478 e. The molecule has 1 heterocycles. The number of benzene rings is 2. The van der Waals surface area contributed by atoms with Crippen LogP contribution in [-0.4, -0.2) is 21.0 Å². The smallest absolute Gasteiger partial charge is 0.335 e. The normalized spacial score (nSPS) is 11.7. The number of aromatic amines is 1. The summed E-state index contributed by atoms with van der Waals surface area (Å²) in [5, 5.41) is 9.94. The van der Waals surface area contributed by atoms with Crippen molar-refractivity contribution in [3.05, 3.63) is 74.8 Å². The molecular formula is C17H10Cl2N2O3. The van der Waals surface area contributed by atoms with Gasteiger partial charge in [0, 0.05) is 5.02 Å². The maximum absolute atomic E-state index is 12.1. The number of carboxylic acid groups (broad SMARTS) is 1. The first-order chi connectivity index (χ1) is 11.4. The first-order valence-corrected chi connectivity index (χ1v) is 7.60. The molecule has 0 unspecified atom stereocenters. The monoisotopic (exact) mass is 360 g/mol. The molecule has 3 aromatic rings. The fourth-order valence-electron chi connectivity index (χ4n) is 2.16. The third-order valence-electron chi connectivity index (χ3n) is 3.34. The number of hydrogen-bond donors (Lipinski definition) is 2. The molecule has 0 bridgehead atoms. The van der Waals surface area contributed by atoms with Crippen LogP contribution in [0.15, 0.2) is 47.3 Å². The summed E-state index contributed by atoms with van der Waals surface area (Å²) in [5.41, 5.74) is 0.998. The molecule has 0 saturated carbocycles. The Labute approximate surface area is 146 Å². The van der Waals surface area contributed by atoms with Gasteiger partial charge >= 0.3 is 5.97 Å². The molecule has 120 valence electrons. The van der Waals surface area contributed by atoms with Crippen LogP contribution in [0.4, 0.5) is 0 Å². The second kappa shape index (κ2) is 6.47. The predicted molar refractivity (Wildman–Crippen MR) is 94.5 cm³/mol. The molecule has 0 spiro atoms. The number of hydrogen-bond acceptors (Lipinski definition) is 3. The van der Waals surface area contributed by atoms with E-state index >= 15 is 0 Å². The Balaban J connectivity index is 2.01. The Bertz CT molecular complexity index is 1020. The SMILES string of the molecule is O=C(O)c1ccc(/C=C(\Cl)c2nc3ccc(Cl)cc3c(=O)[nH]2)cc1. The van der Waals surface area contributed by atoms with Crippen molar-refractivity contribution in [3.63, 3.8) is 0 Å². The molecular weight excluding hydrogens is 351 g/mol. The molecule has 0 atom stereocenters. The summed E-state index contributed by atoms with van der Waals surface area (Å²) in [6.07, 6.45) is 1.59. The third kappa shape index (κ3) is 3.32. The van der Waals surface area contributed by atoms with E-state index in [-0.39, 0.29) is 22.0 Å². The number of fused-ring (bicyclic) bond motifs is 1. The minimum atomic E-state index is -1.00. The maximum Gasteiger partial charge on any atom is 0.335 e. The molecule has 5 nitrogen and oxygen atoms in total. The van der Waals surface area contributed by atoms with Crippen molar-refractivity contribution in [2.75, 3.05) is 0 Å². The standard InChI is InChI=1S/C17H10Cl2N2O3/c18-11-5-6-14-12(8-11)16(22)21-15(20-14)13(19)7-9-1-3-10(4-2-9)17(23)24/h1-8H,(H,23,24)(H,20,21,22)/b13-7-. The zero-order valence-corrected chi connectivity index (χ0v) is 13.6. The summed E-state index contributed by atoms with van der Waals surface area (Å²) in [7, 11) is 0. The molecule has 0 fully saturated rings. The highest BCUT2D eigenvalue weighted by molar-refractivity contribution is 6.50. The summed E-state index contributed by atoms with van der Waals surface area (Å²) in [4.78, 5) is 29.9.